The van der Waals surface area contributed by atoms with E-state index >= 15 is 0 Å². The Kier molecular flexibility index (Phi) is 2.60. The first-order valence-electron chi connectivity index (χ1n) is 6.25. The lowest BCUT2D eigenvalue weighted by Crippen LogP contribution is -2.39. The Morgan fingerprint density at radius 1 is 1.50 bits per heavy atom. The van der Waals surface area contributed by atoms with E-state index in [0.717, 1.165) is 41.1 Å². The minimum absolute atomic E-state index is 0.0756. The van der Waals surface area contributed by atoms with Gasteiger partial charge in [0.1, 0.15) is 5.52 Å². The number of aryl methyl sites for hydroxylation is 2. The van der Waals surface area contributed by atoms with E-state index in [1.54, 1.807) is 0 Å². The van der Waals surface area contributed by atoms with Gasteiger partial charge in [0.25, 0.3) is 0 Å². The van der Waals surface area contributed by atoms with Crippen molar-refractivity contribution in [2.45, 2.75) is 32.2 Å². The molecule has 18 heavy (non-hydrogen) atoms. The highest BCUT2D eigenvalue weighted by atomic mass is 32.1. The van der Waals surface area contributed by atoms with Crippen LogP contribution in [0.3, 0.4) is 0 Å². The van der Waals surface area contributed by atoms with Crippen LogP contribution in [0.15, 0.2) is 0 Å². The first-order chi connectivity index (χ1) is 8.53. The standard InChI is InChI=1S/C12H18N4OS/c1-8-9-10(15(3)14-8)16(11(18)13-9)12(2)5-4-6-17-7-12/h4-7H2,1-3H3,(H,13,18). The summed E-state index contributed by atoms with van der Waals surface area (Å²) in [4.78, 5) is 3.28. The normalized spacial score (nSPS) is 24.8. The number of fused-ring (bicyclic) bond motifs is 1. The second-order valence-electron chi connectivity index (χ2n) is 5.33. The van der Waals surface area contributed by atoms with Crippen LogP contribution in [0.2, 0.25) is 0 Å². The van der Waals surface area contributed by atoms with E-state index in [4.69, 9.17) is 17.0 Å². The molecule has 3 heterocycles. The summed E-state index contributed by atoms with van der Waals surface area (Å²) in [5, 5.41) is 4.46. The number of nitrogens with one attached hydrogen (secondary N) is 1. The summed E-state index contributed by atoms with van der Waals surface area (Å²) in [7, 11) is 1.96. The molecule has 3 rings (SSSR count). The van der Waals surface area contributed by atoms with Gasteiger partial charge in [-0.2, -0.15) is 5.10 Å². The maximum absolute atomic E-state index is 5.65. The first-order valence-corrected chi connectivity index (χ1v) is 6.66. The molecule has 1 unspecified atom stereocenters. The molecular formula is C12H18N4OS. The third-order valence-electron chi connectivity index (χ3n) is 3.80. The second kappa shape index (κ2) is 3.93. The number of aromatic nitrogens is 4. The van der Waals surface area contributed by atoms with E-state index < -0.39 is 0 Å². The van der Waals surface area contributed by atoms with Gasteiger partial charge >= 0.3 is 0 Å². The molecular weight excluding hydrogens is 248 g/mol. The number of imidazole rings is 1. The smallest absolute Gasteiger partial charge is 0.179 e. The van der Waals surface area contributed by atoms with E-state index in [9.17, 15) is 0 Å². The summed E-state index contributed by atoms with van der Waals surface area (Å²) in [6.45, 7) is 5.76. The fourth-order valence-corrected chi connectivity index (χ4v) is 3.31. The average Bonchev–Trinajstić information content (AvgIpc) is 2.79. The highest BCUT2D eigenvalue weighted by molar-refractivity contribution is 7.71. The van der Waals surface area contributed by atoms with Gasteiger partial charge in [-0.05, 0) is 38.9 Å². The number of aromatic amines is 1. The van der Waals surface area contributed by atoms with Crippen LogP contribution >= 0.6 is 12.2 Å². The molecule has 1 aliphatic heterocycles. The zero-order valence-electron chi connectivity index (χ0n) is 11.0. The lowest BCUT2D eigenvalue weighted by atomic mass is 9.94. The van der Waals surface area contributed by atoms with Gasteiger partial charge < -0.3 is 9.72 Å². The zero-order valence-corrected chi connectivity index (χ0v) is 11.8. The van der Waals surface area contributed by atoms with E-state index in [0.29, 0.717) is 6.61 Å². The fraction of sp³-hybridized carbons (Fsp3) is 0.667. The van der Waals surface area contributed by atoms with Crippen molar-refractivity contribution in [3.05, 3.63) is 10.5 Å². The van der Waals surface area contributed by atoms with Crippen molar-refractivity contribution < 1.29 is 4.74 Å². The van der Waals surface area contributed by atoms with Crippen LogP contribution in [0.1, 0.15) is 25.5 Å². The predicted molar refractivity (Wildman–Crippen MR) is 72.3 cm³/mol. The van der Waals surface area contributed by atoms with Crippen molar-refractivity contribution in [3.63, 3.8) is 0 Å². The highest BCUT2D eigenvalue weighted by Crippen LogP contribution is 2.31. The third kappa shape index (κ3) is 1.55. The van der Waals surface area contributed by atoms with Gasteiger partial charge in [0.05, 0.1) is 17.8 Å². The van der Waals surface area contributed by atoms with Crippen LogP contribution in [0, 0.1) is 11.7 Å². The van der Waals surface area contributed by atoms with Gasteiger partial charge in [-0.1, -0.05) is 0 Å². The quantitative estimate of drug-likeness (QED) is 0.805. The Labute approximate surface area is 111 Å². The summed E-state index contributed by atoms with van der Waals surface area (Å²) in [6, 6.07) is 0. The van der Waals surface area contributed by atoms with Crippen LogP contribution < -0.4 is 0 Å². The summed E-state index contributed by atoms with van der Waals surface area (Å²) in [6.07, 6.45) is 2.15. The highest BCUT2D eigenvalue weighted by Gasteiger charge is 2.33. The van der Waals surface area contributed by atoms with Crippen LogP contribution in [-0.4, -0.2) is 32.5 Å². The molecule has 1 aliphatic rings. The van der Waals surface area contributed by atoms with Crippen molar-refractivity contribution in [1.82, 2.24) is 19.3 Å². The molecule has 5 nitrogen and oxygen atoms in total. The molecule has 1 saturated heterocycles. The van der Waals surface area contributed by atoms with Gasteiger partial charge in [0, 0.05) is 13.7 Å². The maximum Gasteiger partial charge on any atom is 0.179 e. The summed E-state index contributed by atoms with van der Waals surface area (Å²) in [5.74, 6) is 0. The first kappa shape index (κ1) is 11.9. The maximum atomic E-state index is 5.65. The molecule has 98 valence electrons. The van der Waals surface area contributed by atoms with E-state index in [2.05, 4.69) is 21.6 Å². The zero-order chi connectivity index (χ0) is 12.9. The molecule has 2 aromatic rings. The molecule has 0 aromatic carbocycles. The van der Waals surface area contributed by atoms with Gasteiger partial charge in [-0.3, -0.25) is 9.25 Å². The number of ether oxygens (including phenoxy) is 1. The molecule has 2 aromatic heterocycles. The molecule has 1 N–H and O–H groups in total. The number of H-pyrrole nitrogens is 1. The SMILES string of the molecule is Cc1nn(C)c2c1[nH]c(=S)n2C1(C)CCCOC1. The van der Waals surface area contributed by atoms with E-state index in [1.165, 1.54) is 0 Å². The molecule has 1 fully saturated rings. The van der Waals surface area contributed by atoms with Crippen molar-refractivity contribution in [1.29, 1.82) is 0 Å². The average molecular weight is 266 g/mol. The van der Waals surface area contributed by atoms with Crippen molar-refractivity contribution in [2.75, 3.05) is 13.2 Å². The number of nitrogens with zero attached hydrogens (tertiary/aromatic N) is 3. The van der Waals surface area contributed by atoms with Crippen LogP contribution in [0.25, 0.3) is 11.2 Å². The minimum atomic E-state index is -0.0756. The van der Waals surface area contributed by atoms with Gasteiger partial charge in [-0.15, -0.1) is 0 Å². The van der Waals surface area contributed by atoms with E-state index in [1.807, 2.05) is 18.7 Å². The molecule has 1 atom stereocenters. The lowest BCUT2D eigenvalue weighted by Gasteiger charge is -2.35. The molecule has 6 heteroatoms. The number of hydrogen-bond acceptors (Lipinski definition) is 3. The summed E-state index contributed by atoms with van der Waals surface area (Å²) >= 11 is 5.49. The second-order valence-corrected chi connectivity index (χ2v) is 5.71. The van der Waals surface area contributed by atoms with Gasteiger partial charge in [0.2, 0.25) is 0 Å². The van der Waals surface area contributed by atoms with Crippen molar-refractivity contribution in [2.24, 2.45) is 7.05 Å². The third-order valence-corrected chi connectivity index (χ3v) is 4.08. The van der Waals surface area contributed by atoms with Crippen LogP contribution in [-0.2, 0) is 17.3 Å². The Morgan fingerprint density at radius 2 is 2.28 bits per heavy atom. The summed E-state index contributed by atoms with van der Waals surface area (Å²) < 4.78 is 10.5. The molecule has 0 bridgehead atoms. The van der Waals surface area contributed by atoms with Gasteiger partial charge in [0.15, 0.2) is 10.4 Å². The van der Waals surface area contributed by atoms with Crippen molar-refractivity contribution >= 4 is 23.4 Å². The monoisotopic (exact) mass is 266 g/mol. The van der Waals surface area contributed by atoms with Gasteiger partial charge in [-0.25, -0.2) is 0 Å². The Bertz CT molecular complexity index is 645. The molecule has 0 spiro atoms. The predicted octanol–water partition coefficient (Wildman–Crippen LogP) is 2.27. The molecule has 0 aliphatic carbocycles. The molecule has 0 saturated carbocycles. The molecule has 0 amide bonds. The number of rotatable bonds is 1. The van der Waals surface area contributed by atoms with E-state index in [-0.39, 0.29) is 5.54 Å². The minimum Gasteiger partial charge on any atom is -0.379 e. The largest absolute Gasteiger partial charge is 0.379 e. The Balaban J connectivity index is 2.27. The van der Waals surface area contributed by atoms with Crippen molar-refractivity contribution in [3.8, 4) is 0 Å². The topological polar surface area (TPSA) is 47.8 Å². The molecule has 0 radical (unpaired) electrons. The fourth-order valence-electron chi connectivity index (χ4n) is 2.90. The number of hydrogen-bond donors (Lipinski definition) is 1. The lowest BCUT2D eigenvalue weighted by molar-refractivity contribution is 0.0103. The van der Waals surface area contributed by atoms with Crippen LogP contribution in [0.5, 0.6) is 0 Å². The van der Waals surface area contributed by atoms with Crippen LogP contribution in [0.4, 0.5) is 0 Å². The Hall–Kier alpha value is -1.14. The summed E-state index contributed by atoms with van der Waals surface area (Å²) in [5.41, 5.74) is 3.01. The Morgan fingerprint density at radius 3 is 2.94 bits per heavy atom.